The van der Waals surface area contributed by atoms with Crippen molar-refractivity contribution in [3.63, 3.8) is 0 Å². The van der Waals surface area contributed by atoms with Gasteiger partial charge in [0.05, 0.1) is 9.90 Å². The van der Waals surface area contributed by atoms with Gasteiger partial charge in [0, 0.05) is 40.3 Å². The number of nitrogens with one attached hydrogen (secondary N) is 2. The first-order valence-corrected chi connectivity index (χ1v) is 9.75. The molecule has 0 fully saturated rings. The van der Waals surface area contributed by atoms with Crippen LogP contribution in [-0.2, 0) is 23.0 Å². The van der Waals surface area contributed by atoms with Gasteiger partial charge >= 0.3 is 0 Å². The van der Waals surface area contributed by atoms with Crippen molar-refractivity contribution in [3.8, 4) is 0 Å². The van der Waals surface area contributed by atoms with E-state index in [1.807, 2.05) is 26.3 Å². The van der Waals surface area contributed by atoms with Crippen LogP contribution in [0.2, 0.25) is 0 Å². The summed E-state index contributed by atoms with van der Waals surface area (Å²) >= 11 is 3.06. The molecule has 21 heavy (non-hydrogen) atoms. The monoisotopic (exact) mass is 345 g/mol. The molecule has 2 rings (SSSR count). The van der Waals surface area contributed by atoms with Crippen LogP contribution in [0.3, 0.4) is 0 Å². The highest BCUT2D eigenvalue weighted by atomic mass is 32.2. The largest absolute Gasteiger partial charge is 0.315 e. The minimum absolute atomic E-state index is 0.367. The lowest BCUT2D eigenvalue weighted by Crippen LogP contribution is -2.26. The lowest BCUT2D eigenvalue weighted by molar-refractivity contribution is 0.581. The van der Waals surface area contributed by atoms with E-state index in [0.29, 0.717) is 24.4 Å². The van der Waals surface area contributed by atoms with E-state index in [2.05, 4.69) is 15.0 Å². The van der Waals surface area contributed by atoms with Gasteiger partial charge in [-0.1, -0.05) is 0 Å². The minimum Gasteiger partial charge on any atom is -0.315 e. The van der Waals surface area contributed by atoms with E-state index in [1.54, 1.807) is 17.4 Å². The molecule has 0 unspecified atom stereocenters. The van der Waals surface area contributed by atoms with E-state index in [4.69, 9.17) is 0 Å². The molecule has 116 valence electrons. The lowest BCUT2D eigenvalue weighted by atomic mass is 10.4. The molecule has 0 bridgehead atoms. The van der Waals surface area contributed by atoms with Crippen LogP contribution >= 0.6 is 22.7 Å². The molecule has 0 radical (unpaired) electrons. The van der Waals surface area contributed by atoms with E-state index >= 15 is 0 Å². The second kappa shape index (κ2) is 6.97. The van der Waals surface area contributed by atoms with E-state index in [9.17, 15) is 8.42 Å². The lowest BCUT2D eigenvalue weighted by Gasteiger charge is -2.05. The van der Waals surface area contributed by atoms with Crippen molar-refractivity contribution in [3.05, 3.63) is 31.9 Å². The molecule has 2 heterocycles. The van der Waals surface area contributed by atoms with Crippen molar-refractivity contribution < 1.29 is 8.42 Å². The molecule has 0 spiro atoms. The zero-order valence-corrected chi connectivity index (χ0v) is 14.7. The maximum absolute atomic E-state index is 12.3. The number of thiazole rings is 1. The highest BCUT2D eigenvalue weighted by Crippen LogP contribution is 2.25. The van der Waals surface area contributed by atoms with Crippen LogP contribution in [0, 0.1) is 13.8 Å². The third-order valence-electron chi connectivity index (χ3n) is 2.86. The molecule has 0 aliphatic carbocycles. The van der Waals surface area contributed by atoms with E-state index in [0.717, 1.165) is 20.5 Å². The maximum atomic E-state index is 12.3. The van der Waals surface area contributed by atoms with Crippen LogP contribution in [0.1, 0.15) is 20.5 Å². The van der Waals surface area contributed by atoms with Gasteiger partial charge in [0.25, 0.3) is 0 Å². The third-order valence-corrected chi connectivity index (χ3v) is 6.65. The zero-order chi connectivity index (χ0) is 15.5. The number of aryl methyl sites for hydroxylation is 2. The summed E-state index contributed by atoms with van der Waals surface area (Å²) in [6.07, 6.45) is 0.615. The van der Waals surface area contributed by atoms with Gasteiger partial charge < -0.3 is 5.32 Å². The number of thiophene rings is 1. The van der Waals surface area contributed by atoms with Crippen molar-refractivity contribution in [1.29, 1.82) is 0 Å². The highest BCUT2D eigenvalue weighted by molar-refractivity contribution is 7.89. The Bertz CT molecular complexity index is 704. The van der Waals surface area contributed by atoms with E-state index in [1.165, 1.54) is 11.3 Å². The van der Waals surface area contributed by atoms with Gasteiger partial charge in [-0.25, -0.2) is 18.1 Å². The van der Waals surface area contributed by atoms with Crippen LogP contribution < -0.4 is 10.0 Å². The molecule has 2 aromatic rings. The van der Waals surface area contributed by atoms with Gasteiger partial charge in [-0.15, -0.1) is 22.7 Å². The van der Waals surface area contributed by atoms with Crippen LogP contribution in [0.15, 0.2) is 16.3 Å². The highest BCUT2D eigenvalue weighted by Gasteiger charge is 2.19. The average Bonchev–Trinajstić information content (AvgIpc) is 2.96. The molecule has 0 amide bonds. The Morgan fingerprint density at radius 1 is 1.33 bits per heavy atom. The van der Waals surface area contributed by atoms with Crippen molar-refractivity contribution in [2.75, 3.05) is 13.6 Å². The summed E-state index contributed by atoms with van der Waals surface area (Å²) in [4.78, 5) is 6.55. The summed E-state index contributed by atoms with van der Waals surface area (Å²) in [6.45, 7) is 4.82. The summed E-state index contributed by atoms with van der Waals surface area (Å²) in [6, 6.07) is 1.74. The van der Waals surface area contributed by atoms with Crippen molar-refractivity contribution >= 4 is 32.7 Å². The first-order valence-electron chi connectivity index (χ1n) is 6.57. The number of hydrogen-bond acceptors (Lipinski definition) is 6. The van der Waals surface area contributed by atoms with Crippen LogP contribution in [0.25, 0.3) is 0 Å². The summed E-state index contributed by atoms with van der Waals surface area (Å²) < 4.78 is 27.3. The molecule has 0 atom stereocenters. The predicted octanol–water partition coefficient (Wildman–Crippen LogP) is 2.06. The Hall–Kier alpha value is -0.800. The number of aromatic nitrogens is 1. The molecule has 0 saturated heterocycles. The molecule has 0 saturated carbocycles. The van der Waals surface area contributed by atoms with Crippen molar-refractivity contribution in [2.24, 2.45) is 0 Å². The number of rotatable bonds is 7. The summed E-state index contributed by atoms with van der Waals surface area (Å²) in [5, 5.41) is 5.95. The Morgan fingerprint density at radius 3 is 2.71 bits per heavy atom. The second-order valence-corrected chi connectivity index (χ2v) is 8.71. The number of nitrogens with zero attached hydrogens (tertiary/aromatic N) is 1. The van der Waals surface area contributed by atoms with Gasteiger partial charge in [0.2, 0.25) is 10.0 Å². The van der Waals surface area contributed by atoms with E-state index < -0.39 is 10.0 Å². The zero-order valence-electron chi connectivity index (χ0n) is 12.3. The number of hydrogen-bond donors (Lipinski definition) is 2. The Balaban J connectivity index is 2.01. The molecule has 0 aliphatic rings. The fourth-order valence-corrected chi connectivity index (χ4v) is 5.39. The SMILES string of the molecule is CNCc1cc(S(=O)(=O)NCCc2nc(C)cs2)c(C)s1. The molecule has 0 aromatic carbocycles. The van der Waals surface area contributed by atoms with Crippen LogP contribution in [0.4, 0.5) is 0 Å². The first-order chi connectivity index (χ1) is 9.92. The van der Waals surface area contributed by atoms with Gasteiger partial charge in [0.1, 0.15) is 0 Å². The van der Waals surface area contributed by atoms with Crippen LogP contribution in [-0.4, -0.2) is 27.0 Å². The average molecular weight is 346 g/mol. The predicted molar refractivity (Wildman–Crippen MR) is 87.6 cm³/mol. The molecule has 8 heteroatoms. The topological polar surface area (TPSA) is 71.1 Å². The van der Waals surface area contributed by atoms with E-state index in [-0.39, 0.29) is 0 Å². The van der Waals surface area contributed by atoms with Crippen molar-refractivity contribution in [2.45, 2.75) is 31.7 Å². The maximum Gasteiger partial charge on any atom is 0.241 e. The normalized spacial score (nSPS) is 12.0. The quantitative estimate of drug-likeness (QED) is 0.806. The van der Waals surface area contributed by atoms with Crippen LogP contribution in [0.5, 0.6) is 0 Å². The smallest absolute Gasteiger partial charge is 0.241 e. The Kier molecular flexibility index (Phi) is 5.50. The van der Waals surface area contributed by atoms with Gasteiger partial charge in [-0.05, 0) is 27.0 Å². The summed E-state index contributed by atoms with van der Waals surface area (Å²) in [7, 11) is -1.60. The fraction of sp³-hybridized carbons (Fsp3) is 0.462. The molecular formula is C13H19N3O2S3. The summed E-state index contributed by atoms with van der Waals surface area (Å²) in [5.41, 5.74) is 0.975. The molecular weight excluding hydrogens is 326 g/mol. The molecule has 2 aromatic heterocycles. The summed E-state index contributed by atoms with van der Waals surface area (Å²) in [5.74, 6) is 0. The van der Waals surface area contributed by atoms with Gasteiger partial charge in [-0.2, -0.15) is 0 Å². The molecule has 5 nitrogen and oxygen atoms in total. The van der Waals surface area contributed by atoms with Gasteiger partial charge in [0.15, 0.2) is 0 Å². The first kappa shape index (κ1) is 16.6. The fourth-order valence-electron chi connectivity index (χ4n) is 1.94. The standard InChI is InChI=1S/C13H19N3O2S3/c1-9-8-19-13(16-9)4-5-15-21(17,18)12-6-11(7-14-3)20-10(12)2/h6,8,14-15H,4-5,7H2,1-3H3. The Labute approximate surface area is 133 Å². The van der Waals surface area contributed by atoms with Crippen molar-refractivity contribution in [1.82, 2.24) is 15.0 Å². The third kappa shape index (κ3) is 4.33. The van der Waals surface area contributed by atoms with Gasteiger partial charge in [-0.3, -0.25) is 0 Å². The molecule has 0 aliphatic heterocycles. The second-order valence-electron chi connectivity index (χ2n) is 4.69. The minimum atomic E-state index is -3.44. The number of sulfonamides is 1. The Morgan fingerprint density at radius 2 is 2.10 bits per heavy atom. The molecule has 2 N–H and O–H groups in total.